The van der Waals surface area contributed by atoms with Gasteiger partial charge < -0.3 is 15.2 Å². The van der Waals surface area contributed by atoms with E-state index in [1.807, 2.05) is 31.2 Å². The molecule has 1 atom stereocenters. The molecular weight excluding hydrogens is 262 g/mol. The van der Waals surface area contributed by atoms with Crippen molar-refractivity contribution in [2.45, 2.75) is 33.4 Å². The van der Waals surface area contributed by atoms with Crippen LogP contribution >= 0.6 is 0 Å². The summed E-state index contributed by atoms with van der Waals surface area (Å²) in [5.41, 5.74) is 3.39. The predicted molar refractivity (Wildman–Crippen MR) is 85.7 cm³/mol. The van der Waals surface area contributed by atoms with Gasteiger partial charge in [-0.1, -0.05) is 36.4 Å². The van der Waals surface area contributed by atoms with Gasteiger partial charge >= 0.3 is 0 Å². The van der Waals surface area contributed by atoms with E-state index in [0.29, 0.717) is 18.9 Å². The summed E-state index contributed by atoms with van der Waals surface area (Å²) in [4.78, 5) is 0. The SMILES string of the molecule is CCOc1cccc(CN[C@@H](C)c2ccccc2C)c1O. The molecule has 0 aliphatic heterocycles. The number of phenolic OH excluding ortho intramolecular Hbond substituents is 1. The van der Waals surface area contributed by atoms with Gasteiger partial charge in [-0.25, -0.2) is 0 Å². The molecule has 0 aliphatic rings. The Balaban J connectivity index is 2.06. The lowest BCUT2D eigenvalue weighted by molar-refractivity contribution is 0.316. The maximum absolute atomic E-state index is 10.2. The van der Waals surface area contributed by atoms with Crippen LogP contribution in [0.5, 0.6) is 11.5 Å². The van der Waals surface area contributed by atoms with E-state index in [2.05, 4.69) is 31.3 Å². The average Bonchev–Trinajstić information content (AvgIpc) is 2.48. The molecule has 0 heterocycles. The summed E-state index contributed by atoms with van der Waals surface area (Å²) < 4.78 is 5.41. The second-order valence-electron chi connectivity index (χ2n) is 5.16. The number of ether oxygens (including phenoxy) is 1. The van der Waals surface area contributed by atoms with Crippen LogP contribution in [0.25, 0.3) is 0 Å². The molecular formula is C18H23NO2. The number of hydrogen-bond donors (Lipinski definition) is 2. The highest BCUT2D eigenvalue weighted by molar-refractivity contribution is 5.45. The van der Waals surface area contributed by atoms with E-state index in [1.54, 1.807) is 6.07 Å². The van der Waals surface area contributed by atoms with Gasteiger partial charge in [0, 0.05) is 18.2 Å². The summed E-state index contributed by atoms with van der Waals surface area (Å²) in [5, 5.41) is 13.6. The molecule has 0 unspecified atom stereocenters. The third-order valence-corrected chi connectivity index (χ3v) is 3.64. The zero-order chi connectivity index (χ0) is 15.2. The van der Waals surface area contributed by atoms with Crippen molar-refractivity contribution in [3.63, 3.8) is 0 Å². The molecule has 0 fully saturated rings. The minimum absolute atomic E-state index is 0.223. The number of aryl methyl sites for hydroxylation is 1. The van der Waals surface area contributed by atoms with Crippen molar-refractivity contribution >= 4 is 0 Å². The van der Waals surface area contributed by atoms with Crippen LogP contribution in [0.15, 0.2) is 42.5 Å². The van der Waals surface area contributed by atoms with Crippen molar-refractivity contribution in [1.82, 2.24) is 5.32 Å². The van der Waals surface area contributed by atoms with Gasteiger partial charge in [-0.15, -0.1) is 0 Å². The molecule has 21 heavy (non-hydrogen) atoms. The van der Waals surface area contributed by atoms with Crippen LogP contribution in [0, 0.1) is 6.92 Å². The molecule has 0 aliphatic carbocycles. The molecule has 2 rings (SSSR count). The zero-order valence-corrected chi connectivity index (χ0v) is 12.9. The summed E-state index contributed by atoms with van der Waals surface area (Å²) in [5.74, 6) is 0.768. The van der Waals surface area contributed by atoms with Gasteiger partial charge in [0.15, 0.2) is 11.5 Å². The molecule has 0 spiro atoms. The Morgan fingerprint density at radius 1 is 1.14 bits per heavy atom. The molecule has 0 saturated heterocycles. The Morgan fingerprint density at radius 2 is 1.90 bits per heavy atom. The molecule has 3 nitrogen and oxygen atoms in total. The highest BCUT2D eigenvalue weighted by Gasteiger charge is 2.11. The van der Waals surface area contributed by atoms with Crippen molar-refractivity contribution in [2.75, 3.05) is 6.61 Å². The number of aromatic hydroxyl groups is 1. The van der Waals surface area contributed by atoms with Gasteiger partial charge in [0.1, 0.15) is 0 Å². The number of phenols is 1. The minimum atomic E-state index is 0.223. The fourth-order valence-electron chi connectivity index (χ4n) is 2.43. The average molecular weight is 285 g/mol. The molecule has 2 N–H and O–H groups in total. The fraction of sp³-hybridized carbons (Fsp3) is 0.333. The fourth-order valence-corrected chi connectivity index (χ4v) is 2.43. The lowest BCUT2D eigenvalue weighted by atomic mass is 10.0. The van der Waals surface area contributed by atoms with Crippen molar-refractivity contribution in [3.8, 4) is 11.5 Å². The molecule has 0 aromatic heterocycles. The second-order valence-corrected chi connectivity index (χ2v) is 5.16. The normalized spacial score (nSPS) is 12.1. The smallest absolute Gasteiger partial charge is 0.162 e. The number of benzene rings is 2. The first-order valence-corrected chi connectivity index (χ1v) is 7.36. The molecule has 2 aromatic rings. The minimum Gasteiger partial charge on any atom is -0.504 e. The van der Waals surface area contributed by atoms with E-state index in [-0.39, 0.29) is 11.8 Å². The Hall–Kier alpha value is -2.00. The summed E-state index contributed by atoms with van der Waals surface area (Å²) >= 11 is 0. The van der Waals surface area contributed by atoms with Crippen molar-refractivity contribution in [2.24, 2.45) is 0 Å². The van der Waals surface area contributed by atoms with Crippen molar-refractivity contribution < 1.29 is 9.84 Å². The number of hydrogen-bond acceptors (Lipinski definition) is 3. The van der Waals surface area contributed by atoms with Crippen molar-refractivity contribution in [1.29, 1.82) is 0 Å². The van der Waals surface area contributed by atoms with Gasteiger partial charge in [0.2, 0.25) is 0 Å². The van der Waals surface area contributed by atoms with E-state index < -0.39 is 0 Å². The molecule has 0 bridgehead atoms. The largest absolute Gasteiger partial charge is 0.504 e. The second kappa shape index (κ2) is 7.14. The topological polar surface area (TPSA) is 41.5 Å². The van der Waals surface area contributed by atoms with Gasteiger partial charge in [-0.2, -0.15) is 0 Å². The van der Waals surface area contributed by atoms with Crippen LogP contribution in [0.4, 0.5) is 0 Å². The van der Waals surface area contributed by atoms with Gasteiger partial charge in [0.25, 0.3) is 0 Å². The maximum Gasteiger partial charge on any atom is 0.162 e. The first-order chi connectivity index (χ1) is 10.1. The van der Waals surface area contributed by atoms with Crippen molar-refractivity contribution in [3.05, 3.63) is 59.2 Å². The lowest BCUT2D eigenvalue weighted by Crippen LogP contribution is -2.19. The number of nitrogens with one attached hydrogen (secondary N) is 1. The monoisotopic (exact) mass is 285 g/mol. The van der Waals surface area contributed by atoms with E-state index in [9.17, 15) is 5.11 Å². The van der Waals surface area contributed by atoms with Gasteiger partial charge in [0.05, 0.1) is 6.61 Å². The molecule has 2 aromatic carbocycles. The third kappa shape index (κ3) is 3.76. The first-order valence-electron chi connectivity index (χ1n) is 7.36. The van der Waals surface area contributed by atoms with Gasteiger partial charge in [-0.3, -0.25) is 0 Å². The Labute approximate surface area is 126 Å². The van der Waals surface area contributed by atoms with Crippen LogP contribution in [0.3, 0.4) is 0 Å². The molecule has 0 saturated carbocycles. The molecule has 0 radical (unpaired) electrons. The molecule has 3 heteroatoms. The van der Waals surface area contributed by atoms with Crippen LogP contribution in [-0.2, 0) is 6.54 Å². The lowest BCUT2D eigenvalue weighted by Gasteiger charge is -2.17. The van der Waals surface area contributed by atoms with Crippen LogP contribution in [0.2, 0.25) is 0 Å². The van der Waals surface area contributed by atoms with E-state index >= 15 is 0 Å². The highest BCUT2D eigenvalue weighted by Crippen LogP contribution is 2.30. The van der Waals surface area contributed by atoms with Crippen LogP contribution < -0.4 is 10.1 Å². The Kier molecular flexibility index (Phi) is 5.23. The Bertz CT molecular complexity index is 596. The Morgan fingerprint density at radius 3 is 2.62 bits per heavy atom. The standard InChI is InChI=1S/C18H23NO2/c1-4-21-17-11-7-9-15(18(17)20)12-19-14(3)16-10-6-5-8-13(16)2/h5-11,14,19-20H,4,12H2,1-3H3/t14-/m0/s1. The van der Waals surface area contributed by atoms with Gasteiger partial charge in [-0.05, 0) is 38.0 Å². The van der Waals surface area contributed by atoms with E-state index in [0.717, 1.165) is 5.56 Å². The summed E-state index contributed by atoms with van der Waals surface area (Å²) in [6, 6.07) is 14.2. The van der Waals surface area contributed by atoms with Crippen LogP contribution in [0.1, 0.15) is 36.6 Å². The first kappa shape index (κ1) is 15.4. The molecule has 112 valence electrons. The number of rotatable bonds is 6. The predicted octanol–water partition coefficient (Wildman–Crippen LogP) is 3.95. The third-order valence-electron chi connectivity index (χ3n) is 3.64. The summed E-state index contributed by atoms with van der Waals surface area (Å²) in [7, 11) is 0. The summed E-state index contributed by atoms with van der Waals surface area (Å²) in [6.07, 6.45) is 0. The van der Waals surface area contributed by atoms with E-state index in [1.165, 1.54) is 11.1 Å². The quantitative estimate of drug-likeness (QED) is 0.844. The molecule has 0 amide bonds. The van der Waals surface area contributed by atoms with E-state index in [4.69, 9.17) is 4.74 Å². The zero-order valence-electron chi connectivity index (χ0n) is 12.9. The van der Waals surface area contributed by atoms with Crippen LogP contribution in [-0.4, -0.2) is 11.7 Å². The number of para-hydroxylation sites is 1. The highest BCUT2D eigenvalue weighted by atomic mass is 16.5. The maximum atomic E-state index is 10.2. The summed E-state index contributed by atoms with van der Waals surface area (Å²) in [6.45, 7) is 7.30.